The van der Waals surface area contributed by atoms with Crippen molar-refractivity contribution < 1.29 is 0 Å². The topological polar surface area (TPSA) is 0 Å². The molecular weight excluding hydrogens is 314 g/mol. The second kappa shape index (κ2) is 5.86. The van der Waals surface area contributed by atoms with Gasteiger partial charge in [-0.15, -0.1) is 16.4 Å². The van der Waals surface area contributed by atoms with Crippen LogP contribution in [0.15, 0.2) is 60.1 Å². The van der Waals surface area contributed by atoms with Crippen LogP contribution in [0.25, 0.3) is 21.0 Å². The van der Waals surface area contributed by atoms with E-state index in [1.54, 1.807) is 0 Å². The molecule has 2 heterocycles. The van der Waals surface area contributed by atoms with Gasteiger partial charge >= 0.3 is 0 Å². The van der Waals surface area contributed by atoms with E-state index in [0.29, 0.717) is 0 Å². The Balaban J connectivity index is 1.89. The van der Waals surface area contributed by atoms with Gasteiger partial charge < -0.3 is 0 Å². The van der Waals surface area contributed by atoms with Crippen LogP contribution in [0.1, 0.15) is 37.8 Å². The van der Waals surface area contributed by atoms with E-state index >= 15 is 0 Å². The van der Waals surface area contributed by atoms with Crippen molar-refractivity contribution in [1.29, 1.82) is 0 Å². The van der Waals surface area contributed by atoms with E-state index in [1.807, 2.05) is 0 Å². The molecule has 4 rings (SSSR count). The summed E-state index contributed by atoms with van der Waals surface area (Å²) >= 11 is 0. The molecule has 2 heteroatoms. The lowest BCUT2D eigenvalue weighted by Gasteiger charge is -2.31. The van der Waals surface area contributed by atoms with Gasteiger partial charge in [-0.2, -0.15) is 0 Å². The van der Waals surface area contributed by atoms with Gasteiger partial charge in [-0.25, -0.2) is 0 Å². The Kier molecular flexibility index (Phi) is 3.84. The molecule has 0 spiro atoms. The molecule has 0 aliphatic heterocycles. The first-order valence-corrected chi connectivity index (χ1v) is 10.5. The summed E-state index contributed by atoms with van der Waals surface area (Å²) < 4.78 is 0. The van der Waals surface area contributed by atoms with Crippen molar-refractivity contribution in [2.24, 2.45) is 0 Å². The van der Waals surface area contributed by atoms with Crippen molar-refractivity contribution in [3.63, 3.8) is 0 Å². The average Bonchev–Trinajstić information content (AvgIpc) is 3.22. The monoisotopic (exact) mass is 336 g/mol. The van der Waals surface area contributed by atoms with Crippen molar-refractivity contribution in [3.8, 4) is 0 Å². The Morgan fingerprint density at radius 1 is 0.783 bits per heavy atom. The SMILES string of the molecule is CCCC(C)(c1ccc2[pH]ccc2c1)c1ccc2[pH]ccc2c1. The van der Waals surface area contributed by atoms with Gasteiger partial charge in [0, 0.05) is 5.41 Å². The first-order chi connectivity index (χ1) is 11.2. The molecule has 23 heavy (non-hydrogen) atoms. The van der Waals surface area contributed by atoms with Crippen molar-refractivity contribution in [2.45, 2.75) is 32.1 Å². The lowest BCUT2D eigenvalue weighted by Crippen LogP contribution is -2.23. The fourth-order valence-electron chi connectivity index (χ4n) is 3.75. The largest absolute Gasteiger partial charge is 0.132 e. The van der Waals surface area contributed by atoms with Crippen LogP contribution in [0.3, 0.4) is 0 Å². The fraction of sp³-hybridized carbons (Fsp3) is 0.238. The maximum Gasteiger partial charge on any atom is 0.0175 e. The maximum atomic E-state index is 2.42. The van der Waals surface area contributed by atoms with E-state index in [0.717, 1.165) is 16.4 Å². The third kappa shape index (κ3) is 2.55. The van der Waals surface area contributed by atoms with E-state index in [2.05, 4.69) is 74.0 Å². The standard InChI is InChI=1S/C21H22P2/c1-3-10-21(2,17-4-6-19-15(13-17)8-11-22-19)18-5-7-20-16(14-18)9-12-23-20/h4-9,11-14,22-23H,3,10H2,1-2H3. The van der Waals surface area contributed by atoms with E-state index < -0.39 is 0 Å². The molecular formula is C21H22P2. The van der Waals surface area contributed by atoms with Gasteiger partial charge in [-0.05, 0) is 62.3 Å². The Labute approximate surface area is 141 Å². The summed E-state index contributed by atoms with van der Waals surface area (Å²) in [5.74, 6) is 4.60. The van der Waals surface area contributed by atoms with Gasteiger partial charge in [-0.1, -0.05) is 56.7 Å². The molecule has 0 nitrogen and oxygen atoms in total. The molecule has 0 radical (unpaired) electrons. The Morgan fingerprint density at radius 3 is 1.78 bits per heavy atom. The number of benzene rings is 2. The van der Waals surface area contributed by atoms with Gasteiger partial charge in [0.15, 0.2) is 0 Å². The molecule has 116 valence electrons. The van der Waals surface area contributed by atoms with Crippen LogP contribution in [0.2, 0.25) is 0 Å². The van der Waals surface area contributed by atoms with E-state index in [1.165, 1.54) is 45.0 Å². The number of rotatable bonds is 4. The molecule has 2 atom stereocenters. The zero-order valence-corrected chi connectivity index (χ0v) is 15.7. The lowest BCUT2D eigenvalue weighted by atomic mass is 9.73. The zero-order chi connectivity index (χ0) is 15.9. The van der Waals surface area contributed by atoms with Crippen LogP contribution in [0, 0.1) is 0 Å². The third-order valence-corrected chi connectivity index (χ3v) is 7.33. The highest BCUT2D eigenvalue weighted by Gasteiger charge is 2.28. The Hall–Kier alpha value is -1.48. The summed E-state index contributed by atoms with van der Waals surface area (Å²) in [6, 6.07) is 18.8. The molecule has 0 fully saturated rings. The van der Waals surface area contributed by atoms with E-state index in [9.17, 15) is 0 Å². The van der Waals surface area contributed by atoms with Crippen LogP contribution < -0.4 is 0 Å². The van der Waals surface area contributed by atoms with Gasteiger partial charge in [0.2, 0.25) is 0 Å². The van der Waals surface area contributed by atoms with Gasteiger partial charge in [0.25, 0.3) is 0 Å². The van der Waals surface area contributed by atoms with Crippen LogP contribution in [-0.4, -0.2) is 0 Å². The Bertz CT molecular complexity index is 884. The molecule has 0 N–H and O–H groups in total. The Morgan fingerprint density at radius 2 is 1.30 bits per heavy atom. The molecule has 2 aromatic heterocycles. The van der Waals surface area contributed by atoms with Gasteiger partial charge in [0.1, 0.15) is 0 Å². The molecule has 0 aliphatic rings. The molecule has 2 unspecified atom stereocenters. The molecule has 0 bridgehead atoms. The molecule has 0 amide bonds. The van der Waals surface area contributed by atoms with Crippen molar-refractivity contribution in [3.05, 3.63) is 71.3 Å². The van der Waals surface area contributed by atoms with E-state index in [4.69, 9.17) is 0 Å². The normalized spacial score (nSPS) is 15.0. The number of hydrogen-bond donors (Lipinski definition) is 0. The van der Waals surface area contributed by atoms with Gasteiger partial charge in [-0.3, -0.25) is 0 Å². The third-order valence-electron chi connectivity index (χ3n) is 5.13. The molecule has 4 aromatic rings. The van der Waals surface area contributed by atoms with E-state index in [-0.39, 0.29) is 5.41 Å². The molecule has 0 saturated carbocycles. The minimum Gasteiger partial charge on any atom is -0.132 e. The summed E-state index contributed by atoms with van der Waals surface area (Å²) in [5.41, 5.74) is 3.01. The molecule has 0 saturated heterocycles. The summed E-state index contributed by atoms with van der Waals surface area (Å²) in [7, 11) is 1.69. The minimum absolute atomic E-state index is 0.0951. The molecule has 0 aliphatic carbocycles. The lowest BCUT2D eigenvalue weighted by molar-refractivity contribution is 0.513. The highest BCUT2D eigenvalue weighted by Crippen LogP contribution is 2.40. The van der Waals surface area contributed by atoms with Crippen LogP contribution in [0.4, 0.5) is 0 Å². The molecule has 2 aromatic carbocycles. The summed E-state index contributed by atoms with van der Waals surface area (Å²) in [6.07, 6.45) is 2.38. The predicted molar refractivity (Wildman–Crippen MR) is 108 cm³/mol. The number of hydrogen-bond acceptors (Lipinski definition) is 0. The van der Waals surface area contributed by atoms with Crippen molar-refractivity contribution in [2.75, 3.05) is 0 Å². The first kappa shape index (κ1) is 15.1. The van der Waals surface area contributed by atoms with Crippen LogP contribution in [0.5, 0.6) is 0 Å². The predicted octanol–water partition coefficient (Wildman–Crippen LogP) is 7.16. The van der Waals surface area contributed by atoms with Gasteiger partial charge in [0.05, 0.1) is 0 Å². The quantitative estimate of drug-likeness (QED) is 0.371. The maximum absolute atomic E-state index is 2.42. The first-order valence-electron chi connectivity index (χ1n) is 8.36. The summed E-state index contributed by atoms with van der Waals surface area (Å²) in [4.78, 5) is 0. The smallest absolute Gasteiger partial charge is 0.0175 e. The minimum atomic E-state index is 0.0951. The second-order valence-electron chi connectivity index (χ2n) is 6.64. The highest BCUT2D eigenvalue weighted by atomic mass is 31.0. The van der Waals surface area contributed by atoms with Crippen molar-refractivity contribution >= 4 is 37.4 Å². The fourth-order valence-corrected chi connectivity index (χ4v) is 5.64. The zero-order valence-electron chi connectivity index (χ0n) is 13.7. The van der Waals surface area contributed by atoms with Crippen LogP contribution in [-0.2, 0) is 5.41 Å². The summed E-state index contributed by atoms with van der Waals surface area (Å²) in [6.45, 7) is 4.71. The summed E-state index contributed by atoms with van der Waals surface area (Å²) in [5, 5.41) is 5.83. The average molecular weight is 336 g/mol. The number of fused-ring (bicyclic) bond motifs is 2. The van der Waals surface area contributed by atoms with Crippen molar-refractivity contribution in [1.82, 2.24) is 0 Å². The highest BCUT2D eigenvalue weighted by molar-refractivity contribution is 7.36. The second-order valence-corrected chi connectivity index (χ2v) is 8.96. The van der Waals surface area contributed by atoms with Crippen LogP contribution >= 0.6 is 16.4 Å².